The molecule has 0 saturated carbocycles. The molecule has 0 aliphatic carbocycles. The van der Waals surface area contributed by atoms with Crippen molar-refractivity contribution in [2.24, 2.45) is 0 Å². The van der Waals surface area contributed by atoms with Crippen LogP contribution in [-0.4, -0.2) is 41.1 Å². The summed E-state index contributed by atoms with van der Waals surface area (Å²) in [5.74, 6) is 0.383. The molecule has 5 rings (SSSR count). The molecule has 4 aromatic carbocycles. The Morgan fingerprint density at radius 1 is 0.750 bits per heavy atom. The number of hydrogen-bond donors (Lipinski definition) is 1. The molecule has 0 radical (unpaired) electrons. The molecule has 1 heterocycles. The second kappa shape index (κ2) is 9.45. The van der Waals surface area contributed by atoms with Crippen molar-refractivity contribution in [2.75, 3.05) is 26.2 Å². The van der Waals surface area contributed by atoms with Crippen molar-refractivity contribution in [1.82, 2.24) is 9.80 Å². The van der Waals surface area contributed by atoms with E-state index in [4.69, 9.17) is 0 Å². The summed E-state index contributed by atoms with van der Waals surface area (Å²) in [4.78, 5) is 5.04. The Labute approximate surface area is 198 Å². The predicted octanol–water partition coefficient (Wildman–Crippen LogP) is 6.22. The summed E-state index contributed by atoms with van der Waals surface area (Å²) in [5.41, 5.74) is 3.69. The molecule has 1 fully saturated rings. The third kappa shape index (κ3) is 4.44. The van der Waals surface area contributed by atoms with E-state index in [9.17, 15) is 5.11 Å². The van der Waals surface area contributed by atoms with E-state index >= 15 is 0 Å². The summed E-state index contributed by atoms with van der Waals surface area (Å²) in [7, 11) is 0. The van der Waals surface area contributed by atoms with Crippen LogP contribution in [0.4, 0.5) is 0 Å². The summed E-state index contributed by atoms with van der Waals surface area (Å²) in [6, 6.07) is 31.9. The summed E-state index contributed by atoms with van der Waals surface area (Å²) < 4.78 is 1.06. The van der Waals surface area contributed by atoms with Gasteiger partial charge in [-0.1, -0.05) is 88.7 Å². The van der Waals surface area contributed by atoms with Crippen molar-refractivity contribution in [3.05, 3.63) is 112 Å². The lowest BCUT2D eigenvalue weighted by Gasteiger charge is -2.40. The zero-order chi connectivity index (χ0) is 21.9. The van der Waals surface area contributed by atoms with Crippen LogP contribution in [0.3, 0.4) is 0 Å². The molecule has 4 aromatic rings. The van der Waals surface area contributed by atoms with Gasteiger partial charge in [-0.15, -0.1) is 0 Å². The van der Waals surface area contributed by atoms with Gasteiger partial charge >= 0.3 is 0 Å². The largest absolute Gasteiger partial charge is 0.508 e. The number of nitrogens with zero attached hydrogens (tertiary/aromatic N) is 2. The molecule has 0 atom stereocenters. The molecule has 0 unspecified atom stereocenters. The molecule has 1 aliphatic heterocycles. The monoisotopic (exact) mass is 486 g/mol. The number of rotatable bonds is 5. The minimum absolute atomic E-state index is 0.267. The zero-order valence-corrected chi connectivity index (χ0v) is 19.6. The van der Waals surface area contributed by atoms with Crippen molar-refractivity contribution >= 4 is 26.7 Å². The minimum atomic E-state index is 0.267. The average Bonchev–Trinajstić information content (AvgIpc) is 2.83. The van der Waals surface area contributed by atoms with Gasteiger partial charge < -0.3 is 5.11 Å². The zero-order valence-electron chi connectivity index (χ0n) is 18.0. The van der Waals surface area contributed by atoms with Crippen LogP contribution in [-0.2, 0) is 6.54 Å². The molecule has 1 N–H and O–H groups in total. The first-order chi connectivity index (χ1) is 15.7. The fraction of sp³-hybridized carbons (Fsp3) is 0.214. The van der Waals surface area contributed by atoms with Crippen molar-refractivity contribution < 1.29 is 5.11 Å². The molecular formula is C28H27BrN2O. The van der Waals surface area contributed by atoms with Crippen molar-refractivity contribution in [2.45, 2.75) is 12.6 Å². The van der Waals surface area contributed by atoms with Gasteiger partial charge in [-0.3, -0.25) is 9.80 Å². The van der Waals surface area contributed by atoms with Crippen molar-refractivity contribution in [1.29, 1.82) is 0 Å². The van der Waals surface area contributed by atoms with Gasteiger partial charge in [0, 0.05) is 42.8 Å². The van der Waals surface area contributed by atoms with E-state index in [2.05, 4.69) is 98.5 Å². The number of halogens is 1. The van der Waals surface area contributed by atoms with Crippen LogP contribution in [0.1, 0.15) is 22.7 Å². The van der Waals surface area contributed by atoms with Gasteiger partial charge in [0.25, 0.3) is 0 Å². The number of phenolic OH excluding ortho intramolecular Hbond substituents is 1. The van der Waals surface area contributed by atoms with Crippen LogP contribution in [0.5, 0.6) is 5.75 Å². The lowest BCUT2D eigenvalue weighted by atomic mass is 9.96. The van der Waals surface area contributed by atoms with Crippen LogP contribution < -0.4 is 0 Å². The third-order valence-corrected chi connectivity index (χ3v) is 6.95. The van der Waals surface area contributed by atoms with E-state index in [-0.39, 0.29) is 6.04 Å². The fourth-order valence-corrected chi connectivity index (χ4v) is 5.19. The number of piperazine rings is 1. The number of hydrogen-bond acceptors (Lipinski definition) is 3. The Balaban J connectivity index is 1.35. The number of fused-ring (bicyclic) bond motifs is 1. The third-order valence-electron chi connectivity index (χ3n) is 6.45. The second-order valence-electron chi connectivity index (χ2n) is 8.46. The van der Waals surface area contributed by atoms with Gasteiger partial charge in [0.05, 0.1) is 6.04 Å². The lowest BCUT2D eigenvalue weighted by Crippen LogP contribution is -2.47. The molecule has 0 spiro atoms. The van der Waals surface area contributed by atoms with Gasteiger partial charge in [0.1, 0.15) is 5.75 Å². The highest BCUT2D eigenvalue weighted by Crippen LogP contribution is 2.32. The van der Waals surface area contributed by atoms with E-state index in [0.717, 1.165) is 53.5 Å². The molecule has 4 heteroatoms. The summed E-state index contributed by atoms with van der Waals surface area (Å²) in [5, 5.41) is 12.9. The number of benzene rings is 4. The van der Waals surface area contributed by atoms with Crippen LogP contribution in [0.25, 0.3) is 10.8 Å². The average molecular weight is 487 g/mol. The smallest absolute Gasteiger partial charge is 0.120 e. The van der Waals surface area contributed by atoms with Gasteiger partial charge in [-0.25, -0.2) is 0 Å². The first-order valence-corrected chi connectivity index (χ1v) is 11.9. The Morgan fingerprint density at radius 2 is 1.38 bits per heavy atom. The minimum Gasteiger partial charge on any atom is -0.508 e. The van der Waals surface area contributed by atoms with Gasteiger partial charge in [0.2, 0.25) is 0 Å². The second-order valence-corrected chi connectivity index (χ2v) is 9.38. The first-order valence-electron chi connectivity index (χ1n) is 11.2. The normalized spacial score (nSPS) is 15.4. The summed E-state index contributed by atoms with van der Waals surface area (Å²) in [6.45, 7) is 4.70. The van der Waals surface area contributed by atoms with Gasteiger partial charge in [-0.2, -0.15) is 0 Å². The summed E-state index contributed by atoms with van der Waals surface area (Å²) in [6.07, 6.45) is 0. The van der Waals surface area contributed by atoms with Crippen molar-refractivity contribution in [3.8, 4) is 5.75 Å². The molecule has 0 aromatic heterocycles. The molecule has 0 amide bonds. The molecule has 1 saturated heterocycles. The quantitative estimate of drug-likeness (QED) is 0.362. The van der Waals surface area contributed by atoms with E-state index < -0.39 is 0 Å². The van der Waals surface area contributed by atoms with Crippen molar-refractivity contribution in [3.63, 3.8) is 0 Å². The molecule has 0 bridgehead atoms. The molecule has 3 nitrogen and oxygen atoms in total. The Hall–Kier alpha value is -2.66. The molecule has 162 valence electrons. The van der Waals surface area contributed by atoms with Crippen LogP contribution in [0.2, 0.25) is 0 Å². The molecule has 32 heavy (non-hydrogen) atoms. The number of phenols is 1. The van der Waals surface area contributed by atoms with Crippen LogP contribution in [0, 0.1) is 0 Å². The summed E-state index contributed by atoms with van der Waals surface area (Å²) >= 11 is 3.55. The SMILES string of the molecule is Oc1ccc2cc(Br)ccc2c1CN1CCN(C(c2ccccc2)c2ccccc2)CC1. The van der Waals surface area contributed by atoms with Crippen LogP contribution in [0.15, 0.2) is 95.5 Å². The van der Waals surface area contributed by atoms with Crippen LogP contribution >= 0.6 is 15.9 Å². The fourth-order valence-electron chi connectivity index (χ4n) is 4.81. The maximum atomic E-state index is 10.6. The van der Waals surface area contributed by atoms with Gasteiger partial charge in [-0.05, 0) is 40.1 Å². The Bertz CT molecular complexity index is 1150. The molecule has 1 aliphatic rings. The highest BCUT2D eigenvalue weighted by molar-refractivity contribution is 9.10. The highest BCUT2D eigenvalue weighted by atomic mass is 79.9. The lowest BCUT2D eigenvalue weighted by molar-refractivity contribution is 0.104. The maximum absolute atomic E-state index is 10.6. The van der Waals surface area contributed by atoms with E-state index in [1.807, 2.05) is 18.2 Å². The Kier molecular flexibility index (Phi) is 6.26. The first kappa shape index (κ1) is 21.2. The number of aromatic hydroxyl groups is 1. The predicted molar refractivity (Wildman–Crippen MR) is 135 cm³/mol. The standard InChI is InChI=1S/C28H27BrN2O/c29-24-12-13-25-23(19-24)11-14-27(32)26(25)20-30-15-17-31(18-16-30)28(21-7-3-1-4-8-21)22-9-5-2-6-10-22/h1-14,19,28,32H,15-18,20H2. The Morgan fingerprint density at radius 3 is 2.00 bits per heavy atom. The van der Waals surface area contributed by atoms with E-state index in [1.165, 1.54) is 11.1 Å². The highest BCUT2D eigenvalue weighted by Gasteiger charge is 2.26. The molecular weight excluding hydrogens is 460 g/mol. The topological polar surface area (TPSA) is 26.7 Å². The van der Waals surface area contributed by atoms with E-state index in [0.29, 0.717) is 5.75 Å². The van der Waals surface area contributed by atoms with E-state index in [1.54, 1.807) is 0 Å². The maximum Gasteiger partial charge on any atom is 0.120 e. The van der Waals surface area contributed by atoms with Gasteiger partial charge in [0.15, 0.2) is 0 Å².